The van der Waals surface area contributed by atoms with Crippen molar-refractivity contribution in [3.63, 3.8) is 0 Å². The summed E-state index contributed by atoms with van der Waals surface area (Å²) in [4.78, 5) is 2.38. The molecular weight excluding hydrogens is 254 g/mol. The van der Waals surface area contributed by atoms with Crippen LogP contribution in [-0.2, 0) is 4.74 Å². The molecule has 5 heteroatoms. The van der Waals surface area contributed by atoms with Crippen molar-refractivity contribution < 1.29 is 9.47 Å². The van der Waals surface area contributed by atoms with Gasteiger partial charge in [-0.2, -0.15) is 0 Å². The molecule has 110 valence electrons. The molecule has 1 fully saturated rings. The second kappa shape index (κ2) is 7.26. The number of nitrogen functional groups attached to an aromatic ring is 1. The molecule has 1 saturated heterocycles. The van der Waals surface area contributed by atoms with E-state index in [1.165, 1.54) is 6.42 Å². The van der Waals surface area contributed by atoms with Crippen molar-refractivity contribution in [3.8, 4) is 5.75 Å². The van der Waals surface area contributed by atoms with E-state index in [9.17, 15) is 0 Å². The molecule has 1 atom stereocenters. The van der Waals surface area contributed by atoms with Gasteiger partial charge in [0.1, 0.15) is 18.2 Å². The van der Waals surface area contributed by atoms with Crippen LogP contribution in [0.5, 0.6) is 5.75 Å². The Hall–Kier alpha value is -1.59. The molecule has 0 spiro atoms. The van der Waals surface area contributed by atoms with Crippen molar-refractivity contribution in [1.29, 1.82) is 5.41 Å². The number of nitrogens with two attached hydrogens (primary N) is 1. The predicted molar refractivity (Wildman–Crippen MR) is 79.4 cm³/mol. The van der Waals surface area contributed by atoms with E-state index in [0.717, 1.165) is 37.4 Å². The first-order chi connectivity index (χ1) is 9.69. The number of likely N-dealkylation sites (tertiary alicyclic amines) is 1. The van der Waals surface area contributed by atoms with Crippen LogP contribution in [0.1, 0.15) is 18.4 Å². The zero-order chi connectivity index (χ0) is 14.4. The Balaban J connectivity index is 1.74. The first-order valence-corrected chi connectivity index (χ1v) is 7.01. The second-order valence-corrected chi connectivity index (χ2v) is 5.09. The summed E-state index contributed by atoms with van der Waals surface area (Å²) < 4.78 is 11.1. The molecule has 1 aromatic rings. The first kappa shape index (κ1) is 14.8. The van der Waals surface area contributed by atoms with Gasteiger partial charge in [-0.15, -0.1) is 0 Å². The monoisotopic (exact) mass is 277 g/mol. The van der Waals surface area contributed by atoms with Crippen LogP contribution in [0.3, 0.4) is 0 Å². The molecule has 1 aliphatic heterocycles. The van der Waals surface area contributed by atoms with Gasteiger partial charge >= 0.3 is 0 Å². The molecule has 0 amide bonds. The normalized spacial score (nSPS) is 19.8. The number of piperidine rings is 1. The third-order valence-electron chi connectivity index (χ3n) is 3.64. The van der Waals surface area contributed by atoms with Gasteiger partial charge in [-0.3, -0.25) is 10.3 Å². The smallest absolute Gasteiger partial charge is 0.122 e. The van der Waals surface area contributed by atoms with Gasteiger partial charge in [0.15, 0.2) is 0 Å². The van der Waals surface area contributed by atoms with Crippen molar-refractivity contribution in [2.24, 2.45) is 5.73 Å². The standard InChI is InChI=1S/C15H23N3O2/c1-19-14-3-2-8-18(11-14)9-10-20-13-6-4-12(5-7-13)15(16)17/h4-7,14H,2-3,8-11H2,1H3,(H3,16,17). The molecule has 5 nitrogen and oxygen atoms in total. The molecule has 20 heavy (non-hydrogen) atoms. The number of nitrogens with zero attached hydrogens (tertiary/aromatic N) is 1. The minimum atomic E-state index is 0.0791. The zero-order valence-electron chi connectivity index (χ0n) is 12.0. The molecule has 0 aromatic heterocycles. The number of ether oxygens (including phenoxy) is 2. The molecule has 0 saturated carbocycles. The third kappa shape index (κ3) is 4.21. The lowest BCUT2D eigenvalue weighted by atomic mass is 10.1. The molecular formula is C15H23N3O2. The van der Waals surface area contributed by atoms with Crippen LogP contribution in [0, 0.1) is 5.41 Å². The van der Waals surface area contributed by atoms with E-state index in [4.69, 9.17) is 20.6 Å². The summed E-state index contributed by atoms with van der Waals surface area (Å²) in [5.41, 5.74) is 6.13. The summed E-state index contributed by atoms with van der Waals surface area (Å²) in [6, 6.07) is 7.31. The predicted octanol–water partition coefficient (Wildman–Crippen LogP) is 1.46. The Labute approximate surface area is 120 Å². The highest BCUT2D eigenvalue weighted by atomic mass is 16.5. The fourth-order valence-corrected chi connectivity index (χ4v) is 2.43. The molecule has 3 N–H and O–H groups in total. The highest BCUT2D eigenvalue weighted by molar-refractivity contribution is 5.94. The molecule has 0 radical (unpaired) electrons. The van der Waals surface area contributed by atoms with E-state index < -0.39 is 0 Å². The average Bonchev–Trinajstić information content (AvgIpc) is 2.48. The third-order valence-corrected chi connectivity index (χ3v) is 3.64. The number of amidine groups is 1. The van der Waals surface area contributed by atoms with Gasteiger partial charge in [-0.25, -0.2) is 0 Å². The Morgan fingerprint density at radius 3 is 2.80 bits per heavy atom. The molecule has 1 aromatic carbocycles. The maximum absolute atomic E-state index is 7.33. The maximum Gasteiger partial charge on any atom is 0.122 e. The minimum absolute atomic E-state index is 0.0791. The van der Waals surface area contributed by atoms with Crippen LogP contribution in [0.15, 0.2) is 24.3 Å². The molecule has 0 aliphatic carbocycles. The summed E-state index contributed by atoms with van der Waals surface area (Å²) in [7, 11) is 1.78. The van der Waals surface area contributed by atoms with Crippen molar-refractivity contribution in [3.05, 3.63) is 29.8 Å². The van der Waals surface area contributed by atoms with E-state index >= 15 is 0 Å². The van der Waals surface area contributed by atoms with Crippen LogP contribution < -0.4 is 10.5 Å². The average molecular weight is 277 g/mol. The minimum Gasteiger partial charge on any atom is -0.492 e. The van der Waals surface area contributed by atoms with Gasteiger partial charge in [0.05, 0.1) is 6.10 Å². The lowest BCUT2D eigenvalue weighted by molar-refractivity contribution is 0.0272. The van der Waals surface area contributed by atoms with E-state index in [2.05, 4.69) is 4.90 Å². The van der Waals surface area contributed by atoms with Crippen molar-refractivity contribution in [1.82, 2.24) is 4.90 Å². The van der Waals surface area contributed by atoms with Crippen LogP contribution in [0.2, 0.25) is 0 Å². The van der Waals surface area contributed by atoms with E-state index in [0.29, 0.717) is 12.7 Å². The van der Waals surface area contributed by atoms with Crippen LogP contribution in [-0.4, -0.2) is 50.2 Å². The highest BCUT2D eigenvalue weighted by Crippen LogP contribution is 2.14. The van der Waals surface area contributed by atoms with Gasteiger partial charge in [0, 0.05) is 25.8 Å². The summed E-state index contributed by atoms with van der Waals surface area (Å²) in [5, 5.41) is 7.33. The fraction of sp³-hybridized carbons (Fsp3) is 0.533. The lowest BCUT2D eigenvalue weighted by Crippen LogP contribution is -2.41. The molecule has 2 rings (SSSR count). The molecule has 1 aliphatic rings. The highest BCUT2D eigenvalue weighted by Gasteiger charge is 2.18. The van der Waals surface area contributed by atoms with Crippen molar-refractivity contribution >= 4 is 5.84 Å². The Kier molecular flexibility index (Phi) is 5.38. The number of nitrogens with one attached hydrogen (secondary N) is 1. The summed E-state index contributed by atoms with van der Waals surface area (Å²) in [5.74, 6) is 0.894. The fourth-order valence-electron chi connectivity index (χ4n) is 2.43. The Morgan fingerprint density at radius 2 is 2.15 bits per heavy atom. The van der Waals surface area contributed by atoms with Gasteiger partial charge in [0.25, 0.3) is 0 Å². The second-order valence-electron chi connectivity index (χ2n) is 5.09. The quantitative estimate of drug-likeness (QED) is 0.610. The van der Waals surface area contributed by atoms with Crippen molar-refractivity contribution in [2.45, 2.75) is 18.9 Å². The summed E-state index contributed by atoms with van der Waals surface area (Å²) in [6.07, 6.45) is 2.70. The number of benzene rings is 1. The van der Waals surface area contributed by atoms with Gasteiger partial charge in [-0.1, -0.05) is 0 Å². The number of hydrogen-bond acceptors (Lipinski definition) is 4. The SMILES string of the molecule is COC1CCCN(CCOc2ccc(C(=N)N)cc2)C1. The van der Waals surface area contributed by atoms with Gasteiger partial charge in [0.2, 0.25) is 0 Å². The zero-order valence-corrected chi connectivity index (χ0v) is 12.0. The maximum atomic E-state index is 7.33. The van der Waals surface area contributed by atoms with Crippen molar-refractivity contribution in [2.75, 3.05) is 33.4 Å². The Morgan fingerprint density at radius 1 is 1.40 bits per heavy atom. The molecule has 1 heterocycles. The number of rotatable bonds is 6. The first-order valence-electron chi connectivity index (χ1n) is 7.01. The van der Waals surface area contributed by atoms with E-state index in [1.54, 1.807) is 19.2 Å². The van der Waals surface area contributed by atoms with E-state index in [1.807, 2.05) is 12.1 Å². The topological polar surface area (TPSA) is 71.6 Å². The van der Waals surface area contributed by atoms with Crippen LogP contribution in [0.25, 0.3) is 0 Å². The van der Waals surface area contributed by atoms with Gasteiger partial charge < -0.3 is 15.2 Å². The van der Waals surface area contributed by atoms with Crippen LogP contribution >= 0.6 is 0 Å². The summed E-state index contributed by atoms with van der Waals surface area (Å²) in [6.45, 7) is 3.68. The number of hydrogen-bond donors (Lipinski definition) is 2. The van der Waals surface area contributed by atoms with E-state index in [-0.39, 0.29) is 5.84 Å². The lowest BCUT2D eigenvalue weighted by Gasteiger charge is -2.31. The summed E-state index contributed by atoms with van der Waals surface area (Å²) >= 11 is 0. The molecule has 0 bridgehead atoms. The van der Waals surface area contributed by atoms with Crippen LogP contribution in [0.4, 0.5) is 0 Å². The number of methoxy groups -OCH3 is 1. The molecule has 1 unspecified atom stereocenters. The Bertz CT molecular complexity index is 433. The van der Waals surface area contributed by atoms with Gasteiger partial charge in [-0.05, 0) is 43.7 Å². The largest absolute Gasteiger partial charge is 0.492 e.